The highest BCUT2D eigenvalue weighted by Crippen LogP contribution is 2.34. The number of aliphatic hydroxyl groups is 1. The van der Waals surface area contributed by atoms with Gasteiger partial charge >= 0.3 is 0 Å². The highest BCUT2D eigenvalue weighted by molar-refractivity contribution is 5.88. The van der Waals surface area contributed by atoms with E-state index < -0.39 is 17.7 Å². The number of morpholine rings is 1. The molecule has 0 bridgehead atoms. The molecule has 2 fully saturated rings. The summed E-state index contributed by atoms with van der Waals surface area (Å²) in [6.45, 7) is 11.1. The number of anilines is 1. The zero-order chi connectivity index (χ0) is 27.0. The Bertz CT molecular complexity index is 1300. The minimum atomic E-state index is -0.728. The van der Waals surface area contributed by atoms with Gasteiger partial charge in [-0.05, 0) is 49.4 Å². The third-order valence-electron chi connectivity index (χ3n) is 7.49. The van der Waals surface area contributed by atoms with E-state index in [9.17, 15) is 9.50 Å². The Balaban J connectivity index is 1.55. The molecule has 8 nitrogen and oxygen atoms in total. The van der Waals surface area contributed by atoms with Crippen LogP contribution in [0.2, 0.25) is 0 Å². The molecule has 0 aliphatic carbocycles. The quantitative estimate of drug-likeness (QED) is 0.491. The predicted molar refractivity (Wildman–Crippen MR) is 141 cm³/mol. The van der Waals surface area contributed by atoms with Crippen molar-refractivity contribution in [2.45, 2.75) is 70.8 Å². The van der Waals surface area contributed by atoms with E-state index in [1.54, 1.807) is 12.3 Å². The summed E-state index contributed by atoms with van der Waals surface area (Å²) in [4.78, 5) is 15.3. The Labute approximate surface area is 221 Å². The van der Waals surface area contributed by atoms with Crippen LogP contribution in [0.1, 0.15) is 51.2 Å². The molecule has 0 spiro atoms. The maximum Gasteiger partial charge on any atom is 0.223 e. The molecule has 2 saturated heterocycles. The minimum absolute atomic E-state index is 0.0135. The van der Waals surface area contributed by atoms with Gasteiger partial charge in [-0.3, -0.25) is 9.88 Å². The molecular formula is C28H35F2N5O3. The largest absolute Gasteiger partial charge is 0.389 e. The molecule has 5 rings (SSSR count). The zero-order valence-corrected chi connectivity index (χ0v) is 22.2. The van der Waals surface area contributed by atoms with Gasteiger partial charge in [-0.25, -0.2) is 18.7 Å². The summed E-state index contributed by atoms with van der Waals surface area (Å²) in [5.41, 5.74) is 2.55. The Morgan fingerprint density at radius 3 is 2.53 bits per heavy atom. The van der Waals surface area contributed by atoms with Crippen LogP contribution in [0.25, 0.3) is 22.2 Å². The summed E-state index contributed by atoms with van der Waals surface area (Å²) in [7, 11) is 0. The third kappa shape index (κ3) is 5.36. The van der Waals surface area contributed by atoms with Crippen molar-refractivity contribution in [1.29, 1.82) is 0 Å². The molecule has 0 radical (unpaired) electrons. The van der Waals surface area contributed by atoms with Gasteiger partial charge in [0.15, 0.2) is 5.82 Å². The van der Waals surface area contributed by atoms with Crippen LogP contribution in [0.5, 0.6) is 0 Å². The number of nitrogens with one attached hydrogen (secondary N) is 1. The molecule has 4 atom stereocenters. The number of hydrogen-bond donors (Lipinski definition) is 2. The van der Waals surface area contributed by atoms with Crippen molar-refractivity contribution in [3.05, 3.63) is 47.3 Å². The second-order valence-electron chi connectivity index (χ2n) is 10.7. The van der Waals surface area contributed by atoms with Gasteiger partial charge in [0.25, 0.3) is 0 Å². The SMILES string of the molecule is CC(C)c1c(CN2[C@H](C)COC[C@@H]2C)cnc2c(F)cc(-c3nc(N[C@@H]4CCOC[C@@H]4O)ncc3F)cc12. The second kappa shape index (κ2) is 11.1. The maximum atomic E-state index is 15.4. The van der Waals surface area contributed by atoms with Crippen LogP contribution in [0.15, 0.2) is 24.5 Å². The van der Waals surface area contributed by atoms with Crippen molar-refractivity contribution in [3.63, 3.8) is 0 Å². The number of nitrogens with zero attached hydrogens (tertiary/aromatic N) is 4. The van der Waals surface area contributed by atoms with E-state index in [0.717, 1.165) is 17.3 Å². The highest BCUT2D eigenvalue weighted by atomic mass is 19.1. The number of aliphatic hydroxyl groups excluding tert-OH is 1. The summed E-state index contributed by atoms with van der Waals surface area (Å²) >= 11 is 0. The number of benzene rings is 1. The molecule has 0 amide bonds. The summed E-state index contributed by atoms with van der Waals surface area (Å²) in [6, 6.07) is 3.21. The van der Waals surface area contributed by atoms with Crippen molar-refractivity contribution in [2.75, 3.05) is 31.7 Å². The number of halogens is 2. The fraction of sp³-hybridized carbons (Fsp3) is 0.536. The standard InChI is InChI=1S/C28H35F2N5O3/c1-15(2)25-19(11-35-16(3)12-38-13-17(35)4)9-31-27-20(25)7-18(8-21(27)29)26-22(30)10-32-28(34-26)33-23-5-6-37-14-24(23)36/h7-10,15-17,23-24,36H,5-6,11-14H2,1-4H3,(H,32,33,34)/t16-,17+,23-,24+/m1/s1. The molecule has 0 saturated carbocycles. The smallest absolute Gasteiger partial charge is 0.223 e. The van der Waals surface area contributed by atoms with Crippen LogP contribution in [-0.2, 0) is 16.0 Å². The normalized spacial score (nSPS) is 24.7. The first-order valence-corrected chi connectivity index (χ1v) is 13.2. The molecular weight excluding hydrogens is 492 g/mol. The summed E-state index contributed by atoms with van der Waals surface area (Å²) in [5, 5.41) is 13.9. The molecule has 2 aliphatic rings. The molecule has 2 aromatic heterocycles. The van der Waals surface area contributed by atoms with Gasteiger partial charge in [-0.1, -0.05) is 13.8 Å². The maximum absolute atomic E-state index is 15.4. The lowest BCUT2D eigenvalue weighted by atomic mass is 9.91. The van der Waals surface area contributed by atoms with Crippen LogP contribution >= 0.6 is 0 Å². The summed E-state index contributed by atoms with van der Waals surface area (Å²) in [5.74, 6) is -0.946. The first-order valence-electron chi connectivity index (χ1n) is 13.2. The Kier molecular flexibility index (Phi) is 7.85. The Morgan fingerprint density at radius 2 is 1.82 bits per heavy atom. The van der Waals surface area contributed by atoms with Gasteiger partial charge in [0.1, 0.15) is 17.0 Å². The molecule has 3 aromatic rings. The number of ether oxygens (including phenoxy) is 2. The summed E-state index contributed by atoms with van der Waals surface area (Å²) in [6.07, 6.45) is 2.67. The lowest BCUT2D eigenvalue weighted by Gasteiger charge is -2.39. The van der Waals surface area contributed by atoms with Crippen molar-refractivity contribution in [1.82, 2.24) is 19.9 Å². The van der Waals surface area contributed by atoms with E-state index in [4.69, 9.17) is 9.47 Å². The first kappa shape index (κ1) is 26.8. The molecule has 204 valence electrons. The molecule has 4 heterocycles. The average molecular weight is 528 g/mol. The van der Waals surface area contributed by atoms with E-state index in [1.165, 1.54) is 6.07 Å². The van der Waals surface area contributed by atoms with E-state index in [2.05, 4.69) is 52.9 Å². The first-order chi connectivity index (χ1) is 18.2. The highest BCUT2D eigenvalue weighted by Gasteiger charge is 2.28. The van der Waals surface area contributed by atoms with Gasteiger partial charge in [-0.15, -0.1) is 0 Å². The molecule has 2 N–H and O–H groups in total. The van der Waals surface area contributed by atoms with Crippen LogP contribution < -0.4 is 5.32 Å². The molecule has 1 aromatic carbocycles. The van der Waals surface area contributed by atoms with E-state index >= 15 is 4.39 Å². The second-order valence-corrected chi connectivity index (χ2v) is 10.7. The van der Waals surface area contributed by atoms with Crippen LogP contribution in [-0.4, -0.2) is 75.6 Å². The number of fused-ring (bicyclic) bond motifs is 1. The zero-order valence-electron chi connectivity index (χ0n) is 22.2. The predicted octanol–water partition coefficient (Wildman–Crippen LogP) is 4.26. The molecule has 10 heteroatoms. The summed E-state index contributed by atoms with van der Waals surface area (Å²) < 4.78 is 41.4. The number of rotatable bonds is 6. The number of aromatic nitrogens is 3. The van der Waals surface area contributed by atoms with Crippen molar-refractivity contribution < 1.29 is 23.4 Å². The number of hydrogen-bond acceptors (Lipinski definition) is 8. The van der Waals surface area contributed by atoms with Gasteiger partial charge in [0.05, 0.1) is 38.2 Å². The fourth-order valence-electron chi connectivity index (χ4n) is 5.50. The van der Waals surface area contributed by atoms with Gasteiger partial charge in [-0.2, -0.15) is 0 Å². The van der Waals surface area contributed by atoms with Crippen molar-refractivity contribution >= 4 is 16.9 Å². The number of pyridine rings is 1. The van der Waals surface area contributed by atoms with Crippen molar-refractivity contribution in [3.8, 4) is 11.3 Å². The van der Waals surface area contributed by atoms with Crippen molar-refractivity contribution in [2.24, 2.45) is 0 Å². The Morgan fingerprint density at radius 1 is 1.05 bits per heavy atom. The van der Waals surface area contributed by atoms with Gasteiger partial charge in [0.2, 0.25) is 5.95 Å². The fourth-order valence-corrected chi connectivity index (χ4v) is 5.50. The van der Waals surface area contributed by atoms with E-state index in [0.29, 0.717) is 43.7 Å². The third-order valence-corrected chi connectivity index (χ3v) is 7.49. The van der Waals surface area contributed by atoms with E-state index in [1.807, 2.05) is 0 Å². The van der Waals surface area contributed by atoms with Crippen LogP contribution in [0, 0.1) is 11.6 Å². The molecule has 38 heavy (non-hydrogen) atoms. The topological polar surface area (TPSA) is 92.6 Å². The molecule has 2 aliphatic heterocycles. The monoisotopic (exact) mass is 527 g/mol. The lowest BCUT2D eigenvalue weighted by molar-refractivity contribution is -0.0411. The lowest BCUT2D eigenvalue weighted by Crippen LogP contribution is -2.49. The van der Waals surface area contributed by atoms with Crippen LogP contribution in [0.4, 0.5) is 14.7 Å². The van der Waals surface area contributed by atoms with Crippen LogP contribution in [0.3, 0.4) is 0 Å². The molecule has 0 unspecified atom stereocenters. The van der Waals surface area contributed by atoms with E-state index in [-0.39, 0.29) is 47.8 Å². The van der Waals surface area contributed by atoms with Gasteiger partial charge < -0.3 is 19.9 Å². The minimum Gasteiger partial charge on any atom is -0.389 e. The Hall–Kier alpha value is -2.79. The average Bonchev–Trinajstić information content (AvgIpc) is 2.88. The van der Waals surface area contributed by atoms with Gasteiger partial charge in [0, 0.05) is 42.4 Å².